The summed E-state index contributed by atoms with van der Waals surface area (Å²) < 4.78 is 13.6. The first-order chi connectivity index (χ1) is 8.50. The summed E-state index contributed by atoms with van der Waals surface area (Å²) in [6.07, 6.45) is 1.08. The van der Waals surface area contributed by atoms with E-state index in [1.165, 1.54) is 0 Å². The van der Waals surface area contributed by atoms with Crippen molar-refractivity contribution in [3.8, 4) is 0 Å². The molecule has 1 aliphatic rings. The number of carboxylic acid groups (broad SMARTS) is 1. The highest BCUT2D eigenvalue weighted by atomic mass is 19.1. The van der Waals surface area contributed by atoms with Gasteiger partial charge in [0.15, 0.2) is 0 Å². The van der Waals surface area contributed by atoms with Gasteiger partial charge >= 0.3 is 5.97 Å². The number of carbonyl (C=O) groups is 2. The van der Waals surface area contributed by atoms with Crippen LogP contribution in [0, 0.1) is 0 Å². The van der Waals surface area contributed by atoms with Crippen LogP contribution >= 0.6 is 0 Å². The highest BCUT2D eigenvalue weighted by molar-refractivity contribution is 5.85. The Morgan fingerprint density at radius 2 is 2.28 bits per heavy atom. The number of piperidine rings is 1. The fraction of sp³-hybridized carbons (Fsp3) is 0.636. The van der Waals surface area contributed by atoms with Gasteiger partial charge in [-0.2, -0.15) is 0 Å². The molecule has 0 radical (unpaired) electrons. The Balaban J connectivity index is 2.39. The molecule has 102 valence electrons. The van der Waals surface area contributed by atoms with Gasteiger partial charge in [0.05, 0.1) is 19.0 Å². The van der Waals surface area contributed by atoms with Crippen molar-refractivity contribution in [2.75, 3.05) is 19.6 Å². The first-order valence-electron chi connectivity index (χ1n) is 5.83. The molecule has 0 aromatic carbocycles. The van der Waals surface area contributed by atoms with Crippen LogP contribution in [0.25, 0.3) is 0 Å². The second-order valence-electron chi connectivity index (χ2n) is 4.21. The molecule has 0 saturated carbocycles. The number of nitrogens with one attached hydrogen (secondary N) is 2. The molecular formula is C11H18FN3O3. The second kappa shape index (κ2) is 7.07. The van der Waals surface area contributed by atoms with Crippen LogP contribution in [-0.4, -0.2) is 42.7 Å². The number of rotatable bonds is 5. The van der Waals surface area contributed by atoms with E-state index in [0.717, 1.165) is 13.0 Å². The third-order valence-electron chi connectivity index (χ3n) is 2.70. The number of hydrogen-bond donors (Lipinski definition) is 4. The number of amides is 1. The molecule has 1 heterocycles. The van der Waals surface area contributed by atoms with Crippen LogP contribution in [0.3, 0.4) is 0 Å². The van der Waals surface area contributed by atoms with Crippen LogP contribution in [-0.2, 0) is 9.59 Å². The fourth-order valence-electron chi connectivity index (χ4n) is 1.69. The Bertz CT molecular complexity index is 349. The van der Waals surface area contributed by atoms with Crippen LogP contribution in [0.5, 0.6) is 0 Å². The third-order valence-corrected chi connectivity index (χ3v) is 2.70. The molecule has 0 aromatic rings. The zero-order valence-electron chi connectivity index (χ0n) is 10.0. The molecule has 0 aliphatic carbocycles. The van der Waals surface area contributed by atoms with E-state index in [9.17, 15) is 14.0 Å². The molecular weight excluding hydrogens is 241 g/mol. The van der Waals surface area contributed by atoms with E-state index in [0.29, 0.717) is 18.5 Å². The number of nitrogens with two attached hydrogens (primary N) is 1. The van der Waals surface area contributed by atoms with Gasteiger partial charge < -0.3 is 21.5 Å². The van der Waals surface area contributed by atoms with Crippen molar-refractivity contribution in [1.29, 1.82) is 0 Å². The first-order valence-corrected chi connectivity index (χ1v) is 5.83. The van der Waals surface area contributed by atoms with Crippen molar-refractivity contribution in [2.24, 2.45) is 5.73 Å². The molecule has 7 heteroatoms. The Morgan fingerprint density at radius 3 is 2.83 bits per heavy atom. The lowest BCUT2D eigenvalue weighted by Gasteiger charge is -2.17. The quantitative estimate of drug-likeness (QED) is 0.533. The van der Waals surface area contributed by atoms with Crippen molar-refractivity contribution in [3.63, 3.8) is 0 Å². The van der Waals surface area contributed by atoms with Gasteiger partial charge in [0.1, 0.15) is 5.83 Å². The number of carboxylic acids is 1. The molecule has 1 aliphatic heterocycles. The summed E-state index contributed by atoms with van der Waals surface area (Å²) in [5, 5.41) is 13.8. The second-order valence-corrected chi connectivity index (χ2v) is 4.21. The van der Waals surface area contributed by atoms with Crippen molar-refractivity contribution in [2.45, 2.75) is 25.3 Å². The molecule has 18 heavy (non-hydrogen) atoms. The van der Waals surface area contributed by atoms with Gasteiger partial charge in [-0.3, -0.25) is 9.59 Å². The van der Waals surface area contributed by atoms with Gasteiger partial charge in [0, 0.05) is 6.54 Å². The topological polar surface area (TPSA) is 104 Å². The Labute approximate surface area is 104 Å². The Morgan fingerprint density at radius 1 is 1.56 bits per heavy atom. The monoisotopic (exact) mass is 259 g/mol. The number of halogens is 1. The van der Waals surface area contributed by atoms with Crippen molar-refractivity contribution >= 4 is 11.9 Å². The molecule has 0 unspecified atom stereocenters. The molecule has 1 rings (SSSR count). The Kier molecular flexibility index (Phi) is 5.73. The van der Waals surface area contributed by atoms with Crippen LogP contribution in [0.4, 0.5) is 4.39 Å². The highest BCUT2D eigenvalue weighted by Crippen LogP contribution is 2.14. The van der Waals surface area contributed by atoms with Gasteiger partial charge in [-0.05, 0) is 25.0 Å². The predicted octanol–water partition coefficient (Wildman–Crippen LogP) is -0.488. The van der Waals surface area contributed by atoms with E-state index in [1.807, 2.05) is 0 Å². The SMILES string of the molecule is N[C@@H](CC(=O)O)C(=O)NCC(F)=C1CCCNC1. The predicted molar refractivity (Wildman–Crippen MR) is 63.5 cm³/mol. The van der Waals surface area contributed by atoms with Crippen molar-refractivity contribution < 1.29 is 19.1 Å². The standard InChI is InChI=1S/C11H18FN3O3/c12-8(7-2-1-3-14-5-7)6-15-11(18)9(13)4-10(16)17/h9,14H,1-6,13H2,(H,15,18)(H,16,17)/t9-/m0/s1. The van der Waals surface area contributed by atoms with Gasteiger partial charge in [-0.1, -0.05) is 0 Å². The van der Waals surface area contributed by atoms with Gasteiger partial charge in [0.2, 0.25) is 5.91 Å². The smallest absolute Gasteiger partial charge is 0.305 e. The lowest BCUT2D eigenvalue weighted by molar-refractivity contribution is -0.139. The fourth-order valence-corrected chi connectivity index (χ4v) is 1.69. The minimum absolute atomic E-state index is 0.233. The van der Waals surface area contributed by atoms with Crippen molar-refractivity contribution in [3.05, 3.63) is 11.4 Å². The van der Waals surface area contributed by atoms with Crippen molar-refractivity contribution in [1.82, 2.24) is 10.6 Å². The lowest BCUT2D eigenvalue weighted by Crippen LogP contribution is -2.42. The van der Waals surface area contributed by atoms with Gasteiger partial charge in [-0.15, -0.1) is 0 Å². The van der Waals surface area contributed by atoms with Gasteiger partial charge in [0.25, 0.3) is 0 Å². The maximum Gasteiger partial charge on any atom is 0.305 e. The summed E-state index contributed by atoms with van der Waals surface area (Å²) >= 11 is 0. The van der Waals surface area contributed by atoms with E-state index in [4.69, 9.17) is 10.8 Å². The maximum absolute atomic E-state index is 13.6. The molecule has 0 bridgehead atoms. The third kappa shape index (κ3) is 4.80. The largest absolute Gasteiger partial charge is 0.481 e. The summed E-state index contributed by atoms with van der Waals surface area (Å²) in [6.45, 7) is 1.12. The molecule has 1 amide bonds. The van der Waals surface area contributed by atoms with E-state index in [2.05, 4.69) is 10.6 Å². The van der Waals surface area contributed by atoms with E-state index in [-0.39, 0.29) is 12.4 Å². The minimum Gasteiger partial charge on any atom is -0.481 e. The molecule has 1 atom stereocenters. The summed E-state index contributed by atoms with van der Waals surface area (Å²) in [4.78, 5) is 21.7. The summed E-state index contributed by atoms with van der Waals surface area (Å²) in [7, 11) is 0. The molecule has 0 aromatic heterocycles. The maximum atomic E-state index is 13.6. The van der Waals surface area contributed by atoms with E-state index in [1.54, 1.807) is 0 Å². The van der Waals surface area contributed by atoms with Crippen LogP contribution in [0.2, 0.25) is 0 Å². The zero-order chi connectivity index (χ0) is 13.5. The summed E-state index contributed by atoms with van der Waals surface area (Å²) in [5.74, 6) is -2.19. The summed E-state index contributed by atoms with van der Waals surface area (Å²) in [6, 6.07) is -1.15. The highest BCUT2D eigenvalue weighted by Gasteiger charge is 2.18. The Hall–Kier alpha value is -1.47. The normalized spacial score (nSPS) is 20.1. The summed E-state index contributed by atoms with van der Waals surface area (Å²) in [5.41, 5.74) is 5.99. The number of aliphatic carboxylic acids is 1. The molecule has 6 nitrogen and oxygen atoms in total. The first kappa shape index (κ1) is 14.6. The number of hydrogen-bond acceptors (Lipinski definition) is 4. The zero-order valence-corrected chi connectivity index (χ0v) is 10.0. The average molecular weight is 259 g/mol. The van der Waals surface area contributed by atoms with Crippen LogP contribution in [0.1, 0.15) is 19.3 Å². The molecule has 5 N–H and O–H groups in total. The van der Waals surface area contributed by atoms with Crippen LogP contribution in [0.15, 0.2) is 11.4 Å². The van der Waals surface area contributed by atoms with E-state index >= 15 is 0 Å². The van der Waals surface area contributed by atoms with Gasteiger partial charge in [-0.25, -0.2) is 4.39 Å². The lowest BCUT2D eigenvalue weighted by atomic mass is 10.1. The number of carbonyl (C=O) groups excluding carboxylic acids is 1. The minimum atomic E-state index is -1.16. The van der Waals surface area contributed by atoms with Crippen LogP contribution < -0.4 is 16.4 Å². The average Bonchev–Trinajstić information content (AvgIpc) is 2.35. The molecule has 1 saturated heterocycles. The molecule has 0 spiro atoms. The van der Waals surface area contributed by atoms with E-state index < -0.39 is 24.3 Å². The molecule has 1 fully saturated rings.